The van der Waals surface area contributed by atoms with Crippen molar-refractivity contribution in [2.24, 2.45) is 11.1 Å². The summed E-state index contributed by atoms with van der Waals surface area (Å²) in [4.78, 5) is 14.9. The summed E-state index contributed by atoms with van der Waals surface area (Å²) in [5.74, 6) is 0.0897. The summed E-state index contributed by atoms with van der Waals surface area (Å²) in [5, 5.41) is 0. The van der Waals surface area contributed by atoms with Crippen molar-refractivity contribution in [3.8, 4) is 0 Å². The van der Waals surface area contributed by atoms with Gasteiger partial charge in [0.2, 0.25) is 5.91 Å². The zero-order valence-corrected chi connectivity index (χ0v) is 12.6. The van der Waals surface area contributed by atoms with Crippen molar-refractivity contribution in [2.45, 2.75) is 59.9 Å². The maximum Gasteiger partial charge on any atom is 0.235 e. The third-order valence-electron chi connectivity index (χ3n) is 3.81. The van der Waals surface area contributed by atoms with E-state index in [-0.39, 0.29) is 11.9 Å². The van der Waals surface area contributed by atoms with Gasteiger partial charge in [-0.15, -0.1) is 0 Å². The predicted molar refractivity (Wildman–Crippen MR) is 76.9 cm³/mol. The van der Waals surface area contributed by atoms with E-state index in [2.05, 4.69) is 13.8 Å². The minimum atomic E-state index is -0.658. The molecule has 0 bridgehead atoms. The van der Waals surface area contributed by atoms with Crippen LogP contribution in [0.4, 0.5) is 0 Å². The number of thiocarbonyl (C=S) groups is 1. The summed E-state index contributed by atoms with van der Waals surface area (Å²) in [5.41, 5.74) is 5.15. The number of rotatable bonds is 7. The Balaban J connectivity index is 5.26. The molecule has 0 aromatic rings. The lowest BCUT2D eigenvalue weighted by Crippen LogP contribution is -2.52. The van der Waals surface area contributed by atoms with Crippen molar-refractivity contribution in [2.75, 3.05) is 6.54 Å². The van der Waals surface area contributed by atoms with E-state index in [0.717, 1.165) is 6.42 Å². The first-order chi connectivity index (χ1) is 7.91. The van der Waals surface area contributed by atoms with Crippen LogP contribution in [0.15, 0.2) is 0 Å². The molecule has 0 aliphatic heterocycles. The van der Waals surface area contributed by atoms with Crippen LogP contribution in [-0.2, 0) is 4.79 Å². The van der Waals surface area contributed by atoms with Gasteiger partial charge in [0, 0.05) is 12.6 Å². The van der Waals surface area contributed by atoms with E-state index in [9.17, 15) is 4.79 Å². The predicted octanol–water partition coefficient (Wildman–Crippen LogP) is 2.73. The lowest BCUT2D eigenvalue weighted by Gasteiger charge is -2.37. The molecule has 0 fully saturated rings. The highest BCUT2D eigenvalue weighted by Gasteiger charge is 2.41. The van der Waals surface area contributed by atoms with Crippen molar-refractivity contribution < 1.29 is 4.79 Å². The number of hydrogen-bond donors (Lipinski definition) is 1. The molecule has 17 heavy (non-hydrogen) atoms. The maximum absolute atomic E-state index is 12.7. The molecule has 0 heterocycles. The number of amides is 1. The Morgan fingerprint density at radius 1 is 1.29 bits per heavy atom. The smallest absolute Gasteiger partial charge is 0.235 e. The number of carbonyl (C=O) groups excluding carboxylic acids is 1. The van der Waals surface area contributed by atoms with E-state index < -0.39 is 5.41 Å². The van der Waals surface area contributed by atoms with Crippen LogP contribution < -0.4 is 5.73 Å². The van der Waals surface area contributed by atoms with Crippen molar-refractivity contribution in [3.05, 3.63) is 0 Å². The second kappa shape index (κ2) is 6.94. The van der Waals surface area contributed by atoms with Gasteiger partial charge in [-0.3, -0.25) is 4.79 Å². The summed E-state index contributed by atoms with van der Waals surface area (Å²) in [6, 6.07) is 0.235. The number of carbonyl (C=O) groups is 1. The van der Waals surface area contributed by atoms with Crippen LogP contribution in [0.2, 0.25) is 0 Å². The van der Waals surface area contributed by atoms with Crippen LogP contribution >= 0.6 is 12.2 Å². The molecule has 3 nitrogen and oxygen atoms in total. The van der Waals surface area contributed by atoms with Gasteiger partial charge < -0.3 is 10.6 Å². The monoisotopic (exact) mass is 258 g/mol. The molecule has 0 rings (SSSR count). The summed E-state index contributed by atoms with van der Waals surface area (Å²) in [6.07, 6.45) is 2.29. The molecule has 1 unspecified atom stereocenters. The molecular weight excluding hydrogens is 232 g/mol. The van der Waals surface area contributed by atoms with E-state index in [4.69, 9.17) is 18.0 Å². The highest BCUT2D eigenvalue weighted by molar-refractivity contribution is 7.80. The van der Waals surface area contributed by atoms with E-state index in [1.54, 1.807) is 0 Å². The molecule has 0 saturated carbocycles. The third kappa shape index (κ3) is 3.18. The van der Waals surface area contributed by atoms with Crippen molar-refractivity contribution >= 4 is 23.1 Å². The Hall–Kier alpha value is -0.640. The molecule has 2 N–H and O–H groups in total. The topological polar surface area (TPSA) is 46.3 Å². The molecule has 0 aliphatic rings. The highest BCUT2D eigenvalue weighted by atomic mass is 32.1. The van der Waals surface area contributed by atoms with E-state index in [1.807, 2.05) is 25.7 Å². The molecule has 0 aliphatic carbocycles. The molecule has 0 radical (unpaired) electrons. The molecule has 0 spiro atoms. The fourth-order valence-electron chi connectivity index (χ4n) is 2.16. The summed E-state index contributed by atoms with van der Waals surface area (Å²) < 4.78 is 0. The Morgan fingerprint density at radius 3 is 2.00 bits per heavy atom. The van der Waals surface area contributed by atoms with Crippen molar-refractivity contribution in [1.29, 1.82) is 0 Å². The van der Waals surface area contributed by atoms with Gasteiger partial charge >= 0.3 is 0 Å². The first-order valence-corrected chi connectivity index (χ1v) is 6.92. The van der Waals surface area contributed by atoms with Crippen LogP contribution in [0.5, 0.6) is 0 Å². The molecule has 1 amide bonds. The SMILES string of the molecule is CCC(C)N(CC)C(=O)C(CC)(CC)C(N)=S. The van der Waals surface area contributed by atoms with Crippen LogP contribution in [0.25, 0.3) is 0 Å². The summed E-state index contributed by atoms with van der Waals surface area (Å²) >= 11 is 5.12. The molecule has 4 heteroatoms. The second-order valence-corrected chi connectivity index (χ2v) is 4.94. The van der Waals surface area contributed by atoms with Gasteiger partial charge in [-0.2, -0.15) is 0 Å². The molecule has 0 aromatic heterocycles. The zero-order valence-electron chi connectivity index (χ0n) is 11.7. The standard InChI is InChI=1S/C13H26N2OS/c1-6-10(5)15(9-4)12(16)13(7-2,8-3)11(14)17/h10H,6-9H2,1-5H3,(H2,14,17). The van der Waals surface area contributed by atoms with Gasteiger partial charge in [0.05, 0.1) is 10.4 Å². The van der Waals surface area contributed by atoms with E-state index in [0.29, 0.717) is 24.4 Å². The minimum absolute atomic E-state index is 0.0897. The second-order valence-electron chi connectivity index (χ2n) is 4.50. The van der Waals surface area contributed by atoms with Gasteiger partial charge in [-0.05, 0) is 33.1 Å². The molecule has 1 atom stereocenters. The number of hydrogen-bond acceptors (Lipinski definition) is 2. The number of nitrogens with zero attached hydrogens (tertiary/aromatic N) is 1. The summed E-state index contributed by atoms with van der Waals surface area (Å²) in [6.45, 7) is 10.8. The first-order valence-electron chi connectivity index (χ1n) is 6.52. The van der Waals surface area contributed by atoms with Crippen LogP contribution in [-0.4, -0.2) is 28.4 Å². The third-order valence-corrected chi connectivity index (χ3v) is 4.20. The summed E-state index contributed by atoms with van der Waals surface area (Å²) in [7, 11) is 0. The Labute approximate surface area is 111 Å². The largest absolute Gasteiger partial charge is 0.392 e. The van der Waals surface area contributed by atoms with Gasteiger partial charge in [0.15, 0.2) is 0 Å². The highest BCUT2D eigenvalue weighted by Crippen LogP contribution is 2.30. The van der Waals surface area contributed by atoms with E-state index >= 15 is 0 Å². The lowest BCUT2D eigenvalue weighted by atomic mass is 9.80. The fourth-order valence-corrected chi connectivity index (χ4v) is 2.53. The van der Waals surface area contributed by atoms with Gasteiger partial charge in [0.25, 0.3) is 0 Å². The zero-order chi connectivity index (χ0) is 13.6. The van der Waals surface area contributed by atoms with Gasteiger partial charge in [-0.25, -0.2) is 0 Å². The van der Waals surface area contributed by atoms with Crippen LogP contribution in [0, 0.1) is 5.41 Å². The average molecular weight is 258 g/mol. The van der Waals surface area contributed by atoms with Crippen molar-refractivity contribution in [1.82, 2.24) is 4.90 Å². The Kier molecular flexibility index (Phi) is 6.68. The number of nitrogens with two attached hydrogens (primary N) is 1. The minimum Gasteiger partial charge on any atom is -0.392 e. The van der Waals surface area contributed by atoms with Crippen LogP contribution in [0.3, 0.4) is 0 Å². The Bertz CT molecular complexity index is 275. The lowest BCUT2D eigenvalue weighted by molar-refractivity contribution is -0.140. The van der Waals surface area contributed by atoms with Crippen molar-refractivity contribution in [3.63, 3.8) is 0 Å². The molecule has 0 saturated heterocycles. The van der Waals surface area contributed by atoms with E-state index in [1.165, 1.54) is 0 Å². The first kappa shape index (κ1) is 16.4. The quantitative estimate of drug-likeness (QED) is 0.714. The van der Waals surface area contributed by atoms with Gasteiger partial charge in [-0.1, -0.05) is 33.0 Å². The molecule has 0 aromatic carbocycles. The van der Waals surface area contributed by atoms with Gasteiger partial charge in [0.1, 0.15) is 0 Å². The Morgan fingerprint density at radius 2 is 1.76 bits per heavy atom. The fraction of sp³-hybridized carbons (Fsp3) is 0.846. The maximum atomic E-state index is 12.7. The average Bonchev–Trinajstić information content (AvgIpc) is 2.31. The molecule has 100 valence electrons. The normalized spacial score (nSPS) is 13.2. The molecular formula is C13H26N2OS. The van der Waals surface area contributed by atoms with Crippen LogP contribution in [0.1, 0.15) is 53.9 Å².